The Hall–Kier alpha value is -0.870. The lowest BCUT2D eigenvalue weighted by molar-refractivity contribution is -0.131. The van der Waals surface area contributed by atoms with Crippen LogP contribution in [0, 0.1) is 0 Å². The molecule has 0 radical (unpaired) electrons. The third-order valence-electron chi connectivity index (χ3n) is 2.68. The first-order chi connectivity index (χ1) is 8.65. The molecular weight excluding hydrogens is 228 g/mol. The van der Waals surface area contributed by atoms with Gasteiger partial charge in [-0.1, -0.05) is 13.8 Å². The Balaban J connectivity index is 0. The minimum atomic E-state index is -0.0266. The van der Waals surface area contributed by atoms with Crippen molar-refractivity contribution in [2.75, 3.05) is 6.61 Å². The summed E-state index contributed by atoms with van der Waals surface area (Å²) in [4.78, 5) is 12.5. The van der Waals surface area contributed by atoms with E-state index in [4.69, 9.17) is 10.5 Å². The fourth-order valence-corrected chi connectivity index (χ4v) is 1.70. The SMILES string of the molecule is C=C.CC.CC(N)CCOC1CCC(C)N1C=O. The van der Waals surface area contributed by atoms with Crippen molar-refractivity contribution in [2.45, 2.75) is 65.3 Å². The van der Waals surface area contributed by atoms with Crippen LogP contribution in [0.25, 0.3) is 0 Å². The van der Waals surface area contributed by atoms with Crippen molar-refractivity contribution in [1.82, 2.24) is 4.90 Å². The van der Waals surface area contributed by atoms with Gasteiger partial charge < -0.3 is 15.4 Å². The summed E-state index contributed by atoms with van der Waals surface area (Å²) in [6.07, 6.45) is 3.67. The minimum Gasteiger partial charge on any atom is -0.358 e. The molecule has 1 heterocycles. The molecular formula is C14H30N2O2. The monoisotopic (exact) mass is 258 g/mol. The standard InChI is InChI=1S/C10H20N2O2.C2H6.C2H4/c1-8(11)5-6-14-10-4-3-9(2)12(10)7-13;2*1-2/h7-10H,3-6,11H2,1-2H3;1-2H3;1-2H2. The third kappa shape index (κ3) is 7.45. The van der Waals surface area contributed by atoms with Crippen molar-refractivity contribution in [3.05, 3.63) is 13.2 Å². The van der Waals surface area contributed by atoms with E-state index in [2.05, 4.69) is 13.2 Å². The molecule has 0 aromatic heterocycles. The summed E-state index contributed by atoms with van der Waals surface area (Å²) in [7, 11) is 0. The fraction of sp³-hybridized carbons (Fsp3) is 0.786. The lowest BCUT2D eigenvalue weighted by Crippen LogP contribution is -2.35. The van der Waals surface area contributed by atoms with E-state index >= 15 is 0 Å². The molecule has 0 spiro atoms. The number of ether oxygens (including phenoxy) is 1. The molecule has 2 N–H and O–H groups in total. The second kappa shape index (κ2) is 12.6. The maximum absolute atomic E-state index is 10.7. The molecule has 0 aliphatic carbocycles. The highest BCUT2D eigenvalue weighted by atomic mass is 16.5. The molecule has 1 fully saturated rings. The maximum atomic E-state index is 10.7. The molecule has 4 nitrogen and oxygen atoms in total. The van der Waals surface area contributed by atoms with E-state index in [0.717, 1.165) is 25.7 Å². The van der Waals surface area contributed by atoms with E-state index in [0.29, 0.717) is 12.6 Å². The summed E-state index contributed by atoms with van der Waals surface area (Å²) in [5.74, 6) is 0. The molecule has 4 heteroatoms. The van der Waals surface area contributed by atoms with E-state index in [-0.39, 0.29) is 12.3 Å². The van der Waals surface area contributed by atoms with Gasteiger partial charge in [0.1, 0.15) is 6.23 Å². The predicted octanol–water partition coefficient (Wildman–Crippen LogP) is 2.54. The van der Waals surface area contributed by atoms with Crippen LogP contribution in [0.1, 0.15) is 47.0 Å². The van der Waals surface area contributed by atoms with Gasteiger partial charge in [0.05, 0.1) is 6.61 Å². The second-order valence-corrected chi connectivity index (χ2v) is 4.07. The third-order valence-corrected chi connectivity index (χ3v) is 2.68. The Kier molecular flexibility index (Phi) is 13.6. The van der Waals surface area contributed by atoms with Crippen LogP contribution >= 0.6 is 0 Å². The Morgan fingerprint density at radius 1 is 1.44 bits per heavy atom. The maximum Gasteiger partial charge on any atom is 0.211 e. The lowest BCUT2D eigenvalue weighted by atomic mass is 10.2. The number of carbonyl (C=O) groups is 1. The van der Waals surface area contributed by atoms with Crippen LogP contribution in [0.2, 0.25) is 0 Å². The average molecular weight is 258 g/mol. The summed E-state index contributed by atoms with van der Waals surface area (Å²) in [5, 5.41) is 0. The van der Waals surface area contributed by atoms with Crippen molar-refractivity contribution in [1.29, 1.82) is 0 Å². The van der Waals surface area contributed by atoms with Gasteiger partial charge in [-0.05, 0) is 33.1 Å². The van der Waals surface area contributed by atoms with E-state index in [1.165, 1.54) is 0 Å². The Morgan fingerprint density at radius 3 is 2.44 bits per heavy atom. The summed E-state index contributed by atoms with van der Waals surface area (Å²) < 4.78 is 5.60. The van der Waals surface area contributed by atoms with Gasteiger partial charge in [0.15, 0.2) is 0 Å². The van der Waals surface area contributed by atoms with Gasteiger partial charge in [0.2, 0.25) is 6.41 Å². The van der Waals surface area contributed by atoms with Crippen LogP contribution < -0.4 is 5.73 Å². The lowest BCUT2D eigenvalue weighted by Gasteiger charge is -2.24. The highest BCUT2D eigenvalue weighted by Crippen LogP contribution is 2.22. The van der Waals surface area contributed by atoms with Gasteiger partial charge in [-0.2, -0.15) is 0 Å². The zero-order chi connectivity index (χ0) is 14.6. The Bertz CT molecular complexity index is 198. The van der Waals surface area contributed by atoms with Crippen LogP contribution in [0.4, 0.5) is 0 Å². The predicted molar refractivity (Wildman–Crippen MR) is 77.2 cm³/mol. The average Bonchev–Trinajstić information content (AvgIpc) is 2.74. The number of carbonyl (C=O) groups excluding carboxylic acids is 1. The van der Waals surface area contributed by atoms with Crippen LogP contribution in [-0.2, 0) is 9.53 Å². The van der Waals surface area contributed by atoms with Crippen molar-refractivity contribution >= 4 is 6.41 Å². The summed E-state index contributed by atoms with van der Waals surface area (Å²) >= 11 is 0. The summed E-state index contributed by atoms with van der Waals surface area (Å²) in [6.45, 7) is 14.6. The van der Waals surface area contributed by atoms with Gasteiger partial charge in [0.25, 0.3) is 0 Å². The van der Waals surface area contributed by atoms with Gasteiger partial charge in [0, 0.05) is 12.1 Å². The highest BCUT2D eigenvalue weighted by molar-refractivity contribution is 5.48. The molecule has 108 valence electrons. The molecule has 1 amide bonds. The van der Waals surface area contributed by atoms with Gasteiger partial charge in [-0.3, -0.25) is 4.79 Å². The number of nitrogens with two attached hydrogens (primary N) is 1. The van der Waals surface area contributed by atoms with E-state index in [1.54, 1.807) is 4.90 Å². The Morgan fingerprint density at radius 2 is 2.00 bits per heavy atom. The first-order valence-electron chi connectivity index (χ1n) is 6.75. The number of amides is 1. The molecule has 1 aliphatic heterocycles. The highest BCUT2D eigenvalue weighted by Gasteiger charge is 2.29. The van der Waals surface area contributed by atoms with Crippen LogP contribution in [-0.4, -0.2) is 36.2 Å². The van der Waals surface area contributed by atoms with Crippen molar-refractivity contribution in [2.24, 2.45) is 5.73 Å². The molecule has 0 bridgehead atoms. The van der Waals surface area contributed by atoms with E-state index in [9.17, 15) is 4.79 Å². The van der Waals surface area contributed by atoms with E-state index in [1.807, 2.05) is 27.7 Å². The van der Waals surface area contributed by atoms with Crippen LogP contribution in [0.3, 0.4) is 0 Å². The number of likely N-dealkylation sites (tertiary alicyclic amines) is 1. The van der Waals surface area contributed by atoms with E-state index < -0.39 is 0 Å². The minimum absolute atomic E-state index is 0.0266. The van der Waals surface area contributed by atoms with Gasteiger partial charge in [-0.15, -0.1) is 13.2 Å². The number of nitrogens with zero attached hydrogens (tertiary/aromatic N) is 1. The molecule has 0 aromatic carbocycles. The van der Waals surface area contributed by atoms with Gasteiger partial charge in [-0.25, -0.2) is 0 Å². The summed E-state index contributed by atoms with van der Waals surface area (Å²) in [5.41, 5.74) is 5.61. The second-order valence-electron chi connectivity index (χ2n) is 4.07. The quantitative estimate of drug-likeness (QED) is 0.609. The number of hydrogen-bond acceptors (Lipinski definition) is 3. The number of hydrogen-bond donors (Lipinski definition) is 1. The zero-order valence-corrected chi connectivity index (χ0v) is 12.4. The van der Waals surface area contributed by atoms with Crippen molar-refractivity contribution < 1.29 is 9.53 Å². The molecule has 18 heavy (non-hydrogen) atoms. The molecule has 1 rings (SSSR count). The van der Waals surface area contributed by atoms with Crippen molar-refractivity contribution in [3.8, 4) is 0 Å². The first-order valence-corrected chi connectivity index (χ1v) is 6.75. The topological polar surface area (TPSA) is 55.6 Å². The fourth-order valence-electron chi connectivity index (χ4n) is 1.70. The summed E-state index contributed by atoms with van der Waals surface area (Å²) in [6, 6.07) is 0.478. The zero-order valence-electron chi connectivity index (χ0n) is 12.4. The van der Waals surface area contributed by atoms with Crippen molar-refractivity contribution in [3.63, 3.8) is 0 Å². The number of rotatable bonds is 5. The molecule has 1 aliphatic rings. The molecule has 0 saturated carbocycles. The normalized spacial score (nSPS) is 23.3. The smallest absolute Gasteiger partial charge is 0.211 e. The molecule has 0 aromatic rings. The molecule has 3 unspecified atom stereocenters. The first kappa shape index (κ1) is 19.5. The van der Waals surface area contributed by atoms with Crippen LogP contribution in [0.15, 0.2) is 13.2 Å². The Labute approximate surface area is 112 Å². The molecule has 3 atom stereocenters. The van der Waals surface area contributed by atoms with Crippen LogP contribution in [0.5, 0.6) is 0 Å². The molecule has 1 saturated heterocycles. The van der Waals surface area contributed by atoms with Gasteiger partial charge >= 0.3 is 0 Å². The largest absolute Gasteiger partial charge is 0.358 e.